The van der Waals surface area contributed by atoms with Crippen LogP contribution in [0.15, 0.2) is 53.9 Å². The number of hydrogen-bond acceptors (Lipinski definition) is 3. The largest absolute Gasteiger partial charge is 0.339 e. The van der Waals surface area contributed by atoms with Crippen molar-refractivity contribution >= 4 is 23.3 Å². The maximum absolute atomic E-state index is 12.9. The molecule has 148 valence electrons. The molecule has 2 aromatic rings. The lowest BCUT2D eigenvalue weighted by Gasteiger charge is -2.47. The zero-order valence-corrected chi connectivity index (χ0v) is 17.3. The van der Waals surface area contributed by atoms with Gasteiger partial charge in [-0.25, -0.2) is 0 Å². The molecule has 2 aliphatic heterocycles. The molecule has 1 aromatic heterocycles. The molecule has 0 radical (unpaired) electrons. The molecule has 4 rings (SSSR count). The number of fused-ring (bicyclic) bond motifs is 1. The number of rotatable bonds is 6. The van der Waals surface area contributed by atoms with E-state index in [9.17, 15) is 4.79 Å². The molecule has 0 unspecified atom stereocenters. The lowest BCUT2D eigenvalue weighted by Crippen LogP contribution is -2.55. The van der Waals surface area contributed by atoms with Crippen LogP contribution < -0.4 is 0 Å². The average Bonchev–Trinajstić information content (AvgIpc) is 3.26. The van der Waals surface area contributed by atoms with E-state index in [-0.39, 0.29) is 0 Å². The SMILES string of the molecule is O=C(CCc1cccs1)N1CCC[C@@H]2CN(C/C=C/c3ccccc3)CC[C@H]21. The summed E-state index contributed by atoms with van der Waals surface area (Å²) in [6.45, 7) is 4.18. The number of carbonyl (C=O) groups is 1. The smallest absolute Gasteiger partial charge is 0.223 e. The molecule has 0 spiro atoms. The van der Waals surface area contributed by atoms with Gasteiger partial charge in [0.05, 0.1) is 0 Å². The van der Waals surface area contributed by atoms with E-state index in [2.05, 4.69) is 69.8 Å². The molecule has 2 saturated heterocycles. The van der Waals surface area contributed by atoms with Gasteiger partial charge in [0.2, 0.25) is 5.91 Å². The van der Waals surface area contributed by atoms with Crippen LogP contribution in [0.2, 0.25) is 0 Å². The van der Waals surface area contributed by atoms with Gasteiger partial charge in [0.1, 0.15) is 0 Å². The number of thiophene rings is 1. The highest BCUT2D eigenvalue weighted by atomic mass is 32.1. The standard InChI is InChI=1S/C24H30N2OS/c27-24(13-12-22-11-6-18-28-22)26-16-5-10-21-19-25(17-14-23(21)26)15-4-9-20-7-2-1-3-8-20/h1-4,6-9,11,18,21,23H,5,10,12-17,19H2/b9-4+/t21-,23-/m1/s1. The molecule has 0 N–H and O–H groups in total. The number of nitrogens with zero attached hydrogens (tertiary/aromatic N) is 2. The van der Waals surface area contributed by atoms with Gasteiger partial charge >= 0.3 is 0 Å². The quantitative estimate of drug-likeness (QED) is 0.709. The Morgan fingerprint density at radius 1 is 1.11 bits per heavy atom. The number of carbonyl (C=O) groups excluding carboxylic acids is 1. The minimum Gasteiger partial charge on any atom is -0.339 e. The van der Waals surface area contributed by atoms with Gasteiger partial charge in [-0.2, -0.15) is 0 Å². The summed E-state index contributed by atoms with van der Waals surface area (Å²) < 4.78 is 0. The molecule has 0 bridgehead atoms. The van der Waals surface area contributed by atoms with Crippen LogP contribution in [0.25, 0.3) is 6.08 Å². The molecule has 1 amide bonds. The molecule has 1 aromatic carbocycles. The maximum Gasteiger partial charge on any atom is 0.223 e. The van der Waals surface area contributed by atoms with Crippen LogP contribution in [-0.4, -0.2) is 47.9 Å². The van der Waals surface area contributed by atoms with Crippen molar-refractivity contribution in [2.45, 2.75) is 38.1 Å². The Morgan fingerprint density at radius 3 is 2.82 bits per heavy atom. The Hall–Kier alpha value is -1.91. The van der Waals surface area contributed by atoms with Crippen LogP contribution >= 0.6 is 11.3 Å². The molecule has 2 aliphatic rings. The Balaban J connectivity index is 1.28. The molecular weight excluding hydrogens is 364 g/mol. The highest BCUT2D eigenvalue weighted by Gasteiger charge is 2.37. The van der Waals surface area contributed by atoms with Crippen LogP contribution in [0.1, 0.15) is 36.1 Å². The van der Waals surface area contributed by atoms with Crippen molar-refractivity contribution in [1.29, 1.82) is 0 Å². The predicted molar refractivity (Wildman–Crippen MR) is 117 cm³/mol. The molecule has 3 heterocycles. The third kappa shape index (κ3) is 4.92. The number of benzene rings is 1. The van der Waals surface area contributed by atoms with Crippen molar-refractivity contribution in [2.75, 3.05) is 26.2 Å². The van der Waals surface area contributed by atoms with Crippen molar-refractivity contribution in [1.82, 2.24) is 9.80 Å². The van der Waals surface area contributed by atoms with Crippen LogP contribution in [0.5, 0.6) is 0 Å². The monoisotopic (exact) mass is 394 g/mol. The fraction of sp³-hybridized carbons (Fsp3) is 0.458. The molecule has 0 aliphatic carbocycles. The minimum atomic E-state index is 0.362. The highest BCUT2D eigenvalue weighted by molar-refractivity contribution is 7.09. The van der Waals surface area contributed by atoms with Gasteiger partial charge in [-0.05, 0) is 48.6 Å². The van der Waals surface area contributed by atoms with E-state index >= 15 is 0 Å². The van der Waals surface area contributed by atoms with Gasteiger partial charge in [0.25, 0.3) is 0 Å². The highest BCUT2D eigenvalue weighted by Crippen LogP contribution is 2.31. The van der Waals surface area contributed by atoms with Crippen LogP contribution in [0.4, 0.5) is 0 Å². The van der Waals surface area contributed by atoms with Crippen molar-refractivity contribution in [3.05, 3.63) is 64.4 Å². The number of hydrogen-bond donors (Lipinski definition) is 0. The average molecular weight is 395 g/mol. The summed E-state index contributed by atoms with van der Waals surface area (Å²) in [4.78, 5) is 19.0. The van der Waals surface area contributed by atoms with Crippen molar-refractivity contribution in [3.63, 3.8) is 0 Å². The number of aryl methyl sites for hydroxylation is 1. The third-order valence-electron chi connectivity index (χ3n) is 6.11. The second-order valence-electron chi connectivity index (χ2n) is 8.00. The summed E-state index contributed by atoms with van der Waals surface area (Å²) in [7, 11) is 0. The Kier molecular flexibility index (Phi) is 6.61. The maximum atomic E-state index is 12.9. The predicted octanol–water partition coefficient (Wildman–Crippen LogP) is 4.71. The van der Waals surface area contributed by atoms with Gasteiger partial charge in [0, 0.05) is 43.5 Å². The summed E-state index contributed by atoms with van der Waals surface area (Å²) in [6.07, 6.45) is 9.58. The summed E-state index contributed by atoms with van der Waals surface area (Å²) >= 11 is 1.76. The molecule has 0 saturated carbocycles. The van der Waals surface area contributed by atoms with Crippen LogP contribution in [-0.2, 0) is 11.2 Å². The molecule has 2 atom stereocenters. The van der Waals surface area contributed by atoms with E-state index < -0.39 is 0 Å². The molecule has 3 nitrogen and oxygen atoms in total. The Morgan fingerprint density at radius 2 is 2.00 bits per heavy atom. The summed E-state index contributed by atoms with van der Waals surface area (Å²) in [5, 5.41) is 2.10. The Labute approximate surface area is 172 Å². The molecule has 2 fully saturated rings. The zero-order valence-electron chi connectivity index (χ0n) is 16.5. The topological polar surface area (TPSA) is 23.6 Å². The normalized spacial score (nSPS) is 23.1. The molecule has 4 heteroatoms. The van der Waals surface area contributed by atoms with E-state index in [1.165, 1.54) is 16.9 Å². The van der Waals surface area contributed by atoms with E-state index in [0.29, 0.717) is 24.3 Å². The first-order valence-electron chi connectivity index (χ1n) is 10.6. The van der Waals surface area contributed by atoms with E-state index in [0.717, 1.165) is 45.4 Å². The van der Waals surface area contributed by atoms with Gasteiger partial charge in [-0.3, -0.25) is 9.69 Å². The van der Waals surface area contributed by atoms with Crippen LogP contribution in [0, 0.1) is 5.92 Å². The lowest BCUT2D eigenvalue weighted by molar-refractivity contribution is -0.138. The zero-order chi connectivity index (χ0) is 19.2. The Bertz CT molecular complexity index is 771. The summed E-state index contributed by atoms with van der Waals surface area (Å²) in [5.74, 6) is 0.999. The van der Waals surface area contributed by atoms with Gasteiger partial charge in [0.15, 0.2) is 0 Å². The second-order valence-corrected chi connectivity index (χ2v) is 9.03. The third-order valence-corrected chi connectivity index (χ3v) is 7.05. The van der Waals surface area contributed by atoms with Gasteiger partial charge in [-0.15, -0.1) is 11.3 Å². The second kappa shape index (κ2) is 9.53. The van der Waals surface area contributed by atoms with Crippen molar-refractivity contribution in [3.8, 4) is 0 Å². The van der Waals surface area contributed by atoms with Gasteiger partial charge in [-0.1, -0.05) is 48.6 Å². The van der Waals surface area contributed by atoms with Crippen molar-refractivity contribution < 1.29 is 4.79 Å². The molecular formula is C24H30N2OS. The van der Waals surface area contributed by atoms with E-state index in [1.807, 2.05) is 0 Å². The first kappa shape index (κ1) is 19.4. The fourth-order valence-corrected chi connectivity index (χ4v) is 5.39. The molecule has 28 heavy (non-hydrogen) atoms. The number of amides is 1. The first-order chi connectivity index (χ1) is 13.8. The number of likely N-dealkylation sites (tertiary alicyclic amines) is 2. The van der Waals surface area contributed by atoms with Gasteiger partial charge < -0.3 is 4.90 Å². The number of piperidine rings is 2. The summed E-state index contributed by atoms with van der Waals surface area (Å²) in [5.41, 5.74) is 1.26. The van der Waals surface area contributed by atoms with E-state index in [1.54, 1.807) is 11.3 Å². The fourth-order valence-electron chi connectivity index (χ4n) is 4.68. The van der Waals surface area contributed by atoms with Crippen molar-refractivity contribution in [2.24, 2.45) is 5.92 Å². The minimum absolute atomic E-state index is 0.362. The lowest BCUT2D eigenvalue weighted by atomic mass is 9.83. The van der Waals surface area contributed by atoms with Crippen LogP contribution in [0.3, 0.4) is 0 Å². The van der Waals surface area contributed by atoms with E-state index in [4.69, 9.17) is 0 Å². The first-order valence-corrected chi connectivity index (χ1v) is 11.4. The summed E-state index contributed by atoms with van der Waals surface area (Å²) in [6, 6.07) is 15.2.